The molecule has 0 radical (unpaired) electrons. The first kappa shape index (κ1) is 15.8. The van der Waals surface area contributed by atoms with Crippen molar-refractivity contribution in [2.75, 3.05) is 6.54 Å². The molecular formula is C14H27ClN2O. The maximum atomic E-state index is 11.9. The van der Waals surface area contributed by atoms with Gasteiger partial charge in [0.05, 0.1) is 0 Å². The van der Waals surface area contributed by atoms with Crippen LogP contribution < -0.4 is 10.6 Å². The van der Waals surface area contributed by atoms with Gasteiger partial charge in [-0.1, -0.05) is 20.3 Å². The van der Waals surface area contributed by atoms with Gasteiger partial charge in [0.25, 0.3) is 0 Å². The maximum absolute atomic E-state index is 11.9. The van der Waals surface area contributed by atoms with Crippen LogP contribution in [0.1, 0.15) is 58.8 Å². The molecule has 1 amide bonds. The molecule has 2 aliphatic rings. The van der Waals surface area contributed by atoms with Crippen LogP contribution in [0.2, 0.25) is 0 Å². The summed E-state index contributed by atoms with van der Waals surface area (Å²) in [5, 5.41) is 6.67. The van der Waals surface area contributed by atoms with Crippen LogP contribution in [0, 0.1) is 5.41 Å². The summed E-state index contributed by atoms with van der Waals surface area (Å²) in [4.78, 5) is 11.9. The Hall–Kier alpha value is -0.280. The zero-order valence-corrected chi connectivity index (χ0v) is 12.4. The Kier molecular flexibility index (Phi) is 5.93. The molecular weight excluding hydrogens is 248 g/mol. The van der Waals surface area contributed by atoms with E-state index in [1.807, 2.05) is 0 Å². The van der Waals surface area contributed by atoms with Crippen molar-refractivity contribution in [1.29, 1.82) is 0 Å². The summed E-state index contributed by atoms with van der Waals surface area (Å²) in [6.45, 7) is 5.66. The number of carbonyl (C=O) groups excluding carboxylic acids is 1. The average Bonchev–Trinajstić information content (AvgIpc) is 2.86. The molecule has 18 heavy (non-hydrogen) atoms. The Morgan fingerprint density at radius 2 is 2.11 bits per heavy atom. The first-order valence-corrected chi connectivity index (χ1v) is 7.11. The van der Waals surface area contributed by atoms with Gasteiger partial charge in [-0.2, -0.15) is 0 Å². The summed E-state index contributed by atoms with van der Waals surface area (Å²) in [7, 11) is 0. The molecule has 1 saturated carbocycles. The third-order valence-electron chi connectivity index (χ3n) is 4.47. The van der Waals surface area contributed by atoms with Gasteiger partial charge in [0.1, 0.15) is 0 Å². The Morgan fingerprint density at radius 1 is 1.33 bits per heavy atom. The van der Waals surface area contributed by atoms with Gasteiger partial charge in [0.15, 0.2) is 0 Å². The Labute approximate surface area is 117 Å². The van der Waals surface area contributed by atoms with E-state index in [-0.39, 0.29) is 18.3 Å². The first-order chi connectivity index (χ1) is 8.08. The predicted molar refractivity (Wildman–Crippen MR) is 77.1 cm³/mol. The van der Waals surface area contributed by atoms with Crippen molar-refractivity contribution in [3.05, 3.63) is 0 Å². The second-order valence-corrected chi connectivity index (χ2v) is 6.33. The second kappa shape index (κ2) is 6.76. The molecule has 3 nitrogen and oxygen atoms in total. The highest BCUT2D eigenvalue weighted by Crippen LogP contribution is 2.37. The van der Waals surface area contributed by atoms with Gasteiger partial charge in [-0.05, 0) is 44.1 Å². The van der Waals surface area contributed by atoms with Gasteiger partial charge in [-0.15, -0.1) is 12.4 Å². The van der Waals surface area contributed by atoms with Crippen molar-refractivity contribution in [3.8, 4) is 0 Å². The molecule has 2 fully saturated rings. The molecule has 2 rings (SSSR count). The summed E-state index contributed by atoms with van der Waals surface area (Å²) in [6, 6.07) is 0.976. The molecule has 0 aromatic rings. The molecule has 4 heteroatoms. The minimum Gasteiger partial charge on any atom is -0.353 e. The Balaban J connectivity index is 0.00000162. The van der Waals surface area contributed by atoms with Gasteiger partial charge in [-0.3, -0.25) is 4.79 Å². The molecule has 0 bridgehead atoms. The van der Waals surface area contributed by atoms with E-state index >= 15 is 0 Å². The number of rotatable bonds is 4. The summed E-state index contributed by atoms with van der Waals surface area (Å²) < 4.78 is 0. The highest BCUT2D eigenvalue weighted by atomic mass is 35.5. The standard InChI is InChI=1S/C14H26N2O.ClH/c1-14(2)9-3-6-12(14)16-13(17)8-7-11-5-4-10-15-11;/h11-12,15H,3-10H2,1-2H3,(H,16,17);1H. The summed E-state index contributed by atoms with van der Waals surface area (Å²) in [6.07, 6.45) is 7.83. The van der Waals surface area contributed by atoms with Crippen LogP contribution in [0.3, 0.4) is 0 Å². The van der Waals surface area contributed by atoms with E-state index in [9.17, 15) is 4.79 Å². The highest BCUT2D eigenvalue weighted by molar-refractivity contribution is 5.85. The number of amides is 1. The third-order valence-corrected chi connectivity index (χ3v) is 4.47. The Bertz CT molecular complexity index is 275. The minimum absolute atomic E-state index is 0. The molecule has 1 saturated heterocycles. The molecule has 1 aliphatic heterocycles. The maximum Gasteiger partial charge on any atom is 0.220 e. The number of hydrogen-bond acceptors (Lipinski definition) is 2. The first-order valence-electron chi connectivity index (χ1n) is 7.11. The summed E-state index contributed by atoms with van der Waals surface area (Å²) in [5.74, 6) is 0.249. The van der Waals surface area contributed by atoms with Crippen LogP contribution in [0.4, 0.5) is 0 Å². The van der Waals surface area contributed by atoms with Crippen molar-refractivity contribution in [1.82, 2.24) is 10.6 Å². The van der Waals surface area contributed by atoms with Crippen molar-refractivity contribution >= 4 is 18.3 Å². The lowest BCUT2D eigenvalue weighted by atomic mass is 9.87. The Morgan fingerprint density at radius 3 is 2.67 bits per heavy atom. The largest absolute Gasteiger partial charge is 0.353 e. The number of hydrogen-bond donors (Lipinski definition) is 2. The zero-order valence-electron chi connectivity index (χ0n) is 11.6. The molecule has 0 aromatic heterocycles. The fourth-order valence-electron chi connectivity index (χ4n) is 3.17. The average molecular weight is 275 g/mol. The van der Waals surface area contributed by atoms with E-state index in [1.54, 1.807) is 0 Å². The van der Waals surface area contributed by atoms with Crippen molar-refractivity contribution in [2.45, 2.75) is 70.9 Å². The van der Waals surface area contributed by atoms with E-state index in [0.717, 1.165) is 19.4 Å². The monoisotopic (exact) mass is 274 g/mol. The fraction of sp³-hybridized carbons (Fsp3) is 0.929. The molecule has 0 aromatic carbocycles. The summed E-state index contributed by atoms with van der Waals surface area (Å²) >= 11 is 0. The van der Waals surface area contributed by atoms with Crippen LogP contribution in [-0.2, 0) is 4.79 Å². The summed E-state index contributed by atoms with van der Waals surface area (Å²) in [5.41, 5.74) is 0.293. The smallest absolute Gasteiger partial charge is 0.220 e. The third kappa shape index (κ3) is 4.13. The second-order valence-electron chi connectivity index (χ2n) is 6.33. The van der Waals surface area contributed by atoms with Crippen LogP contribution in [-0.4, -0.2) is 24.5 Å². The van der Waals surface area contributed by atoms with Crippen molar-refractivity contribution in [3.63, 3.8) is 0 Å². The van der Waals surface area contributed by atoms with Crippen LogP contribution >= 0.6 is 12.4 Å². The van der Waals surface area contributed by atoms with E-state index in [0.29, 0.717) is 23.9 Å². The van der Waals surface area contributed by atoms with Gasteiger partial charge in [0, 0.05) is 18.5 Å². The van der Waals surface area contributed by atoms with Gasteiger partial charge in [0.2, 0.25) is 5.91 Å². The van der Waals surface area contributed by atoms with Crippen molar-refractivity contribution in [2.24, 2.45) is 5.41 Å². The number of nitrogens with one attached hydrogen (secondary N) is 2. The predicted octanol–water partition coefficient (Wildman–Crippen LogP) is 2.64. The molecule has 2 N–H and O–H groups in total. The van der Waals surface area contributed by atoms with Gasteiger partial charge >= 0.3 is 0 Å². The topological polar surface area (TPSA) is 41.1 Å². The fourth-order valence-corrected chi connectivity index (χ4v) is 3.17. The highest BCUT2D eigenvalue weighted by Gasteiger charge is 2.35. The van der Waals surface area contributed by atoms with Crippen LogP contribution in [0.5, 0.6) is 0 Å². The van der Waals surface area contributed by atoms with Gasteiger partial charge < -0.3 is 10.6 Å². The molecule has 2 unspecified atom stereocenters. The minimum atomic E-state index is 0. The normalized spacial score (nSPS) is 29.9. The van der Waals surface area contributed by atoms with Crippen molar-refractivity contribution < 1.29 is 4.79 Å². The quantitative estimate of drug-likeness (QED) is 0.828. The van der Waals surface area contributed by atoms with E-state index < -0.39 is 0 Å². The zero-order chi connectivity index (χ0) is 12.3. The lowest BCUT2D eigenvalue weighted by Gasteiger charge is -2.28. The molecule has 0 spiro atoms. The molecule has 1 heterocycles. The molecule has 106 valence electrons. The van der Waals surface area contributed by atoms with Gasteiger partial charge in [-0.25, -0.2) is 0 Å². The number of halogens is 1. The number of carbonyl (C=O) groups is 1. The van der Waals surface area contributed by atoms with E-state index in [4.69, 9.17) is 0 Å². The SMILES string of the molecule is CC1(C)CCCC1NC(=O)CCC1CCCN1.Cl. The lowest BCUT2D eigenvalue weighted by molar-refractivity contribution is -0.122. The van der Waals surface area contributed by atoms with Crippen LogP contribution in [0.15, 0.2) is 0 Å². The van der Waals surface area contributed by atoms with E-state index in [2.05, 4.69) is 24.5 Å². The lowest BCUT2D eigenvalue weighted by Crippen LogP contribution is -2.41. The van der Waals surface area contributed by atoms with E-state index in [1.165, 1.54) is 25.7 Å². The molecule has 1 aliphatic carbocycles. The van der Waals surface area contributed by atoms with Crippen LogP contribution in [0.25, 0.3) is 0 Å². The molecule has 2 atom stereocenters.